The monoisotopic (exact) mass is 374 g/mol. The summed E-state index contributed by atoms with van der Waals surface area (Å²) in [5.41, 5.74) is 3.10. The summed E-state index contributed by atoms with van der Waals surface area (Å²) in [6, 6.07) is 15.5. The number of amides is 2. The summed E-state index contributed by atoms with van der Waals surface area (Å²) >= 11 is 3.35. The minimum absolute atomic E-state index is 0.0127. The molecule has 0 aliphatic rings. The molecule has 2 amide bonds. The first kappa shape index (κ1) is 17.2. The SMILES string of the molecule is Cc1cccc(CNC(=O)CNC(=O)Cc2ccc(Br)cc2)c1. The standard InChI is InChI=1S/C18H19BrN2O2/c1-13-3-2-4-15(9-13)11-20-18(23)12-21-17(22)10-14-5-7-16(19)8-6-14/h2-9H,10-12H2,1H3,(H,20,23)(H,21,22). The van der Waals surface area contributed by atoms with E-state index < -0.39 is 0 Å². The van der Waals surface area contributed by atoms with Crippen LogP contribution >= 0.6 is 15.9 Å². The average Bonchev–Trinajstić information content (AvgIpc) is 2.53. The molecule has 0 bridgehead atoms. The normalized spacial score (nSPS) is 10.2. The van der Waals surface area contributed by atoms with Crippen LogP contribution in [0.1, 0.15) is 16.7 Å². The molecule has 0 saturated carbocycles. The number of hydrogen-bond acceptors (Lipinski definition) is 2. The molecule has 2 aromatic carbocycles. The quantitative estimate of drug-likeness (QED) is 0.816. The highest BCUT2D eigenvalue weighted by atomic mass is 79.9. The van der Waals surface area contributed by atoms with Crippen LogP contribution < -0.4 is 10.6 Å². The van der Waals surface area contributed by atoms with Crippen LogP contribution in [0.2, 0.25) is 0 Å². The molecule has 0 heterocycles. The first-order valence-corrected chi connectivity index (χ1v) is 8.15. The highest BCUT2D eigenvalue weighted by Gasteiger charge is 2.06. The fourth-order valence-electron chi connectivity index (χ4n) is 2.11. The molecule has 2 N–H and O–H groups in total. The number of benzene rings is 2. The topological polar surface area (TPSA) is 58.2 Å². The smallest absolute Gasteiger partial charge is 0.239 e. The predicted octanol–water partition coefficient (Wildman–Crippen LogP) is 2.73. The van der Waals surface area contributed by atoms with Crippen LogP contribution in [-0.4, -0.2) is 18.4 Å². The highest BCUT2D eigenvalue weighted by Crippen LogP contribution is 2.10. The van der Waals surface area contributed by atoms with Gasteiger partial charge in [-0.3, -0.25) is 9.59 Å². The highest BCUT2D eigenvalue weighted by molar-refractivity contribution is 9.10. The van der Waals surface area contributed by atoms with Gasteiger partial charge in [-0.15, -0.1) is 0 Å². The van der Waals surface area contributed by atoms with Gasteiger partial charge in [0.25, 0.3) is 0 Å². The van der Waals surface area contributed by atoms with E-state index in [-0.39, 0.29) is 24.8 Å². The van der Waals surface area contributed by atoms with Crippen molar-refractivity contribution in [3.05, 3.63) is 69.7 Å². The summed E-state index contributed by atoms with van der Waals surface area (Å²) in [5.74, 6) is -0.367. The molecule has 2 rings (SSSR count). The summed E-state index contributed by atoms with van der Waals surface area (Å²) in [6.45, 7) is 2.46. The van der Waals surface area contributed by atoms with E-state index >= 15 is 0 Å². The summed E-state index contributed by atoms with van der Waals surface area (Å²) in [6.07, 6.45) is 0.262. The minimum Gasteiger partial charge on any atom is -0.350 e. The van der Waals surface area contributed by atoms with Crippen molar-refractivity contribution in [1.29, 1.82) is 0 Å². The molecule has 0 unspecified atom stereocenters. The first-order valence-electron chi connectivity index (χ1n) is 7.36. The molecular weight excluding hydrogens is 356 g/mol. The Morgan fingerprint density at radius 3 is 2.39 bits per heavy atom. The number of carbonyl (C=O) groups is 2. The van der Waals surface area contributed by atoms with Gasteiger partial charge in [0.1, 0.15) is 0 Å². The molecule has 2 aromatic rings. The lowest BCUT2D eigenvalue weighted by Gasteiger charge is -2.08. The van der Waals surface area contributed by atoms with E-state index in [1.807, 2.05) is 55.5 Å². The molecule has 0 atom stereocenters. The molecular formula is C18H19BrN2O2. The second kappa shape index (κ2) is 8.48. The van der Waals surface area contributed by atoms with E-state index in [4.69, 9.17) is 0 Å². The number of carbonyl (C=O) groups excluding carboxylic acids is 2. The molecule has 5 heteroatoms. The first-order chi connectivity index (χ1) is 11.0. The second-order valence-corrected chi connectivity index (χ2v) is 6.26. The van der Waals surface area contributed by atoms with Crippen molar-refractivity contribution in [3.8, 4) is 0 Å². The van der Waals surface area contributed by atoms with Gasteiger partial charge >= 0.3 is 0 Å². The Labute approximate surface area is 144 Å². The average molecular weight is 375 g/mol. The van der Waals surface area contributed by atoms with Crippen molar-refractivity contribution < 1.29 is 9.59 Å². The number of nitrogens with one attached hydrogen (secondary N) is 2. The lowest BCUT2D eigenvalue weighted by atomic mass is 10.1. The van der Waals surface area contributed by atoms with E-state index in [0.29, 0.717) is 6.54 Å². The Balaban J connectivity index is 1.71. The van der Waals surface area contributed by atoms with E-state index in [9.17, 15) is 9.59 Å². The Morgan fingerprint density at radius 2 is 1.70 bits per heavy atom. The zero-order chi connectivity index (χ0) is 16.7. The maximum absolute atomic E-state index is 11.8. The summed E-state index contributed by atoms with van der Waals surface area (Å²) < 4.78 is 0.970. The van der Waals surface area contributed by atoms with Crippen molar-refractivity contribution in [2.24, 2.45) is 0 Å². The van der Waals surface area contributed by atoms with Gasteiger partial charge in [-0.25, -0.2) is 0 Å². The van der Waals surface area contributed by atoms with Crippen molar-refractivity contribution in [3.63, 3.8) is 0 Å². The molecule has 120 valence electrons. The molecule has 0 fully saturated rings. The minimum atomic E-state index is -0.198. The maximum atomic E-state index is 11.8. The third-order valence-electron chi connectivity index (χ3n) is 3.30. The molecule has 0 aliphatic heterocycles. The van der Waals surface area contributed by atoms with Gasteiger partial charge in [0.2, 0.25) is 11.8 Å². The van der Waals surface area contributed by atoms with E-state index in [1.54, 1.807) is 0 Å². The number of halogens is 1. The van der Waals surface area contributed by atoms with Gasteiger partial charge in [-0.05, 0) is 30.2 Å². The molecule has 0 radical (unpaired) electrons. The van der Waals surface area contributed by atoms with Crippen molar-refractivity contribution in [2.75, 3.05) is 6.54 Å². The van der Waals surface area contributed by atoms with Crippen LogP contribution in [0.25, 0.3) is 0 Å². The fourth-order valence-corrected chi connectivity index (χ4v) is 2.38. The molecule has 0 saturated heterocycles. The molecule has 0 aromatic heterocycles. The lowest BCUT2D eigenvalue weighted by molar-refractivity contribution is -0.125. The molecule has 23 heavy (non-hydrogen) atoms. The van der Waals surface area contributed by atoms with E-state index in [1.165, 1.54) is 0 Å². The van der Waals surface area contributed by atoms with E-state index in [0.717, 1.165) is 21.2 Å². The lowest BCUT2D eigenvalue weighted by Crippen LogP contribution is -2.37. The van der Waals surface area contributed by atoms with Gasteiger partial charge in [-0.1, -0.05) is 57.9 Å². The van der Waals surface area contributed by atoms with Gasteiger partial charge < -0.3 is 10.6 Å². The van der Waals surface area contributed by atoms with Gasteiger partial charge in [0, 0.05) is 11.0 Å². The summed E-state index contributed by atoms with van der Waals surface area (Å²) in [4.78, 5) is 23.6. The number of rotatable bonds is 6. The van der Waals surface area contributed by atoms with Gasteiger partial charge in [0.15, 0.2) is 0 Å². The van der Waals surface area contributed by atoms with Crippen LogP contribution in [0.3, 0.4) is 0 Å². The summed E-state index contributed by atoms with van der Waals surface area (Å²) in [7, 11) is 0. The van der Waals surface area contributed by atoms with Crippen LogP contribution in [0.4, 0.5) is 0 Å². The van der Waals surface area contributed by atoms with E-state index in [2.05, 4.69) is 26.6 Å². The number of hydrogen-bond donors (Lipinski definition) is 2. The zero-order valence-electron chi connectivity index (χ0n) is 12.9. The fraction of sp³-hybridized carbons (Fsp3) is 0.222. The molecule has 0 spiro atoms. The Bertz CT molecular complexity index is 684. The van der Waals surface area contributed by atoms with Crippen LogP contribution in [0.5, 0.6) is 0 Å². The van der Waals surface area contributed by atoms with Gasteiger partial charge in [-0.2, -0.15) is 0 Å². The Kier molecular flexibility index (Phi) is 6.35. The van der Waals surface area contributed by atoms with Crippen molar-refractivity contribution in [1.82, 2.24) is 10.6 Å². The van der Waals surface area contributed by atoms with Crippen molar-refractivity contribution in [2.45, 2.75) is 19.9 Å². The van der Waals surface area contributed by atoms with Gasteiger partial charge in [0.05, 0.1) is 13.0 Å². The van der Waals surface area contributed by atoms with Crippen LogP contribution in [-0.2, 0) is 22.6 Å². The van der Waals surface area contributed by atoms with Crippen molar-refractivity contribution >= 4 is 27.7 Å². The maximum Gasteiger partial charge on any atom is 0.239 e. The largest absolute Gasteiger partial charge is 0.350 e. The predicted molar refractivity (Wildman–Crippen MR) is 93.9 cm³/mol. The third-order valence-corrected chi connectivity index (χ3v) is 3.82. The molecule has 0 aliphatic carbocycles. The second-order valence-electron chi connectivity index (χ2n) is 5.35. The zero-order valence-corrected chi connectivity index (χ0v) is 14.5. The Morgan fingerprint density at radius 1 is 0.957 bits per heavy atom. The van der Waals surface area contributed by atoms with Crippen LogP contribution in [0.15, 0.2) is 53.0 Å². The molecule has 4 nitrogen and oxygen atoms in total. The summed E-state index contributed by atoms with van der Waals surface area (Å²) in [5, 5.41) is 5.42. The van der Waals surface area contributed by atoms with Crippen LogP contribution in [0, 0.1) is 6.92 Å². The third kappa shape index (κ3) is 6.24. The Hall–Kier alpha value is -2.14. The number of aryl methyl sites for hydroxylation is 1.